The van der Waals surface area contributed by atoms with E-state index in [2.05, 4.69) is 5.32 Å². The van der Waals surface area contributed by atoms with E-state index in [1.54, 1.807) is 6.07 Å². The van der Waals surface area contributed by atoms with E-state index in [1.165, 1.54) is 14.2 Å². The zero-order valence-electron chi connectivity index (χ0n) is 10.5. The standard InChI is InChI=1S/C12H20N2O3/c1-8(14-7-6-13)9-4-5-10(16-2)12(17-3)11(9)15/h4-5,8,14-15H,6-7,13H2,1-3H3. The summed E-state index contributed by atoms with van der Waals surface area (Å²) in [5.74, 6) is 0.968. The zero-order chi connectivity index (χ0) is 12.8. The van der Waals surface area contributed by atoms with Crippen molar-refractivity contribution in [2.45, 2.75) is 13.0 Å². The van der Waals surface area contributed by atoms with Crippen LogP contribution in [0.1, 0.15) is 18.5 Å². The first-order valence-electron chi connectivity index (χ1n) is 5.53. The first-order valence-corrected chi connectivity index (χ1v) is 5.53. The highest BCUT2D eigenvalue weighted by Gasteiger charge is 2.17. The Hall–Kier alpha value is -1.46. The topological polar surface area (TPSA) is 76.7 Å². The molecule has 5 heteroatoms. The van der Waals surface area contributed by atoms with Crippen LogP contribution in [0, 0.1) is 0 Å². The van der Waals surface area contributed by atoms with Crippen molar-refractivity contribution >= 4 is 0 Å². The van der Waals surface area contributed by atoms with Crippen molar-refractivity contribution in [3.05, 3.63) is 17.7 Å². The van der Waals surface area contributed by atoms with Crippen LogP contribution in [0.4, 0.5) is 0 Å². The molecule has 0 heterocycles. The maximum absolute atomic E-state index is 10.1. The number of phenols is 1. The van der Waals surface area contributed by atoms with Gasteiger partial charge in [0, 0.05) is 24.7 Å². The number of ether oxygens (including phenoxy) is 2. The fourth-order valence-electron chi connectivity index (χ4n) is 1.69. The Morgan fingerprint density at radius 3 is 2.59 bits per heavy atom. The highest BCUT2D eigenvalue weighted by Crippen LogP contribution is 2.40. The molecule has 96 valence electrons. The van der Waals surface area contributed by atoms with Crippen molar-refractivity contribution in [2.75, 3.05) is 27.3 Å². The van der Waals surface area contributed by atoms with Crippen LogP contribution in [-0.2, 0) is 0 Å². The molecule has 0 fully saturated rings. The van der Waals surface area contributed by atoms with Gasteiger partial charge in [0.1, 0.15) is 0 Å². The van der Waals surface area contributed by atoms with Gasteiger partial charge in [-0.25, -0.2) is 0 Å². The lowest BCUT2D eigenvalue weighted by atomic mass is 10.1. The maximum atomic E-state index is 10.1. The van der Waals surface area contributed by atoms with Gasteiger partial charge < -0.3 is 25.6 Å². The van der Waals surface area contributed by atoms with Gasteiger partial charge in [0.15, 0.2) is 11.5 Å². The molecule has 0 aromatic heterocycles. The molecule has 1 rings (SSSR count). The van der Waals surface area contributed by atoms with Crippen molar-refractivity contribution in [2.24, 2.45) is 5.73 Å². The fourth-order valence-corrected chi connectivity index (χ4v) is 1.69. The lowest BCUT2D eigenvalue weighted by Crippen LogP contribution is -2.25. The fraction of sp³-hybridized carbons (Fsp3) is 0.500. The third-order valence-corrected chi connectivity index (χ3v) is 2.61. The Labute approximate surface area is 102 Å². The summed E-state index contributed by atoms with van der Waals surface area (Å²) in [5.41, 5.74) is 6.19. The van der Waals surface area contributed by atoms with Crippen LogP contribution >= 0.6 is 0 Å². The van der Waals surface area contributed by atoms with Crippen LogP contribution in [0.5, 0.6) is 17.2 Å². The third-order valence-electron chi connectivity index (χ3n) is 2.61. The third kappa shape index (κ3) is 3.01. The highest BCUT2D eigenvalue weighted by molar-refractivity contribution is 5.55. The van der Waals surface area contributed by atoms with E-state index < -0.39 is 0 Å². The van der Waals surface area contributed by atoms with Gasteiger partial charge in [0.2, 0.25) is 5.75 Å². The number of nitrogens with two attached hydrogens (primary N) is 1. The molecule has 0 aliphatic heterocycles. The number of methoxy groups -OCH3 is 2. The van der Waals surface area contributed by atoms with Gasteiger partial charge >= 0.3 is 0 Å². The number of hydrogen-bond donors (Lipinski definition) is 3. The monoisotopic (exact) mass is 240 g/mol. The van der Waals surface area contributed by atoms with Crippen molar-refractivity contribution in [1.82, 2.24) is 5.32 Å². The molecular formula is C12H20N2O3. The van der Waals surface area contributed by atoms with Crippen LogP contribution in [0.2, 0.25) is 0 Å². The Morgan fingerprint density at radius 2 is 2.06 bits per heavy atom. The average Bonchev–Trinajstić information content (AvgIpc) is 2.35. The van der Waals surface area contributed by atoms with Crippen LogP contribution in [0.15, 0.2) is 12.1 Å². The lowest BCUT2D eigenvalue weighted by molar-refractivity contribution is 0.329. The largest absolute Gasteiger partial charge is 0.504 e. The summed E-state index contributed by atoms with van der Waals surface area (Å²) in [6.07, 6.45) is 0. The van der Waals surface area contributed by atoms with Crippen molar-refractivity contribution in [3.63, 3.8) is 0 Å². The summed E-state index contributed by atoms with van der Waals surface area (Å²) in [6, 6.07) is 3.58. The molecule has 1 aromatic carbocycles. The molecule has 0 aliphatic carbocycles. The van der Waals surface area contributed by atoms with Gasteiger partial charge in [-0.05, 0) is 19.1 Å². The first kappa shape index (κ1) is 13.6. The van der Waals surface area contributed by atoms with Crippen molar-refractivity contribution in [3.8, 4) is 17.2 Å². The highest BCUT2D eigenvalue weighted by atomic mass is 16.5. The molecule has 0 amide bonds. The summed E-state index contributed by atoms with van der Waals surface area (Å²) < 4.78 is 10.2. The minimum absolute atomic E-state index is 0.00152. The minimum atomic E-state index is -0.00152. The molecule has 4 N–H and O–H groups in total. The number of rotatable bonds is 6. The van der Waals surface area contributed by atoms with E-state index in [-0.39, 0.29) is 11.8 Å². The summed E-state index contributed by atoms with van der Waals surface area (Å²) in [7, 11) is 3.03. The van der Waals surface area contributed by atoms with Crippen LogP contribution in [0.3, 0.4) is 0 Å². The Balaban J connectivity index is 3.01. The number of hydrogen-bond acceptors (Lipinski definition) is 5. The number of aromatic hydroxyl groups is 1. The van der Waals surface area contributed by atoms with Crippen LogP contribution in [-0.4, -0.2) is 32.4 Å². The first-order chi connectivity index (χ1) is 8.15. The molecule has 0 saturated carbocycles. The molecule has 1 aromatic rings. The number of nitrogens with one attached hydrogen (secondary N) is 1. The van der Waals surface area contributed by atoms with Gasteiger partial charge in [0.05, 0.1) is 14.2 Å². The second-order valence-electron chi connectivity index (χ2n) is 3.70. The summed E-state index contributed by atoms with van der Waals surface area (Å²) in [4.78, 5) is 0. The number of benzene rings is 1. The minimum Gasteiger partial charge on any atom is -0.504 e. The average molecular weight is 240 g/mol. The lowest BCUT2D eigenvalue weighted by Gasteiger charge is -2.18. The Kier molecular flexibility index (Phi) is 5.06. The molecule has 1 unspecified atom stereocenters. The maximum Gasteiger partial charge on any atom is 0.203 e. The molecule has 0 bridgehead atoms. The Morgan fingerprint density at radius 1 is 1.35 bits per heavy atom. The zero-order valence-corrected chi connectivity index (χ0v) is 10.5. The summed E-state index contributed by atoms with van der Waals surface area (Å²) in [6.45, 7) is 3.20. The quantitative estimate of drug-likeness (QED) is 0.692. The van der Waals surface area contributed by atoms with Crippen molar-refractivity contribution < 1.29 is 14.6 Å². The molecule has 1 atom stereocenters. The summed E-state index contributed by atoms with van der Waals surface area (Å²) in [5, 5.41) is 13.3. The van der Waals surface area contributed by atoms with Crippen LogP contribution in [0.25, 0.3) is 0 Å². The van der Waals surface area contributed by atoms with Gasteiger partial charge in [-0.15, -0.1) is 0 Å². The van der Waals surface area contributed by atoms with Gasteiger partial charge in [0.25, 0.3) is 0 Å². The van der Waals surface area contributed by atoms with E-state index in [0.29, 0.717) is 24.6 Å². The van der Waals surface area contributed by atoms with E-state index >= 15 is 0 Å². The Bertz CT molecular complexity index is 369. The predicted octanol–water partition coefficient (Wildman–Crippen LogP) is 1.02. The smallest absolute Gasteiger partial charge is 0.203 e. The molecular weight excluding hydrogens is 220 g/mol. The number of phenolic OH excluding ortho intramolecular Hbond substituents is 1. The molecule has 0 spiro atoms. The SMILES string of the molecule is COc1ccc(C(C)NCCN)c(O)c1OC. The van der Waals surface area contributed by atoms with E-state index in [9.17, 15) is 5.11 Å². The van der Waals surface area contributed by atoms with Gasteiger partial charge in [-0.1, -0.05) is 0 Å². The van der Waals surface area contributed by atoms with Crippen LogP contribution < -0.4 is 20.5 Å². The molecule has 5 nitrogen and oxygen atoms in total. The molecule has 0 aliphatic rings. The summed E-state index contributed by atoms with van der Waals surface area (Å²) >= 11 is 0. The molecule has 0 saturated heterocycles. The molecule has 17 heavy (non-hydrogen) atoms. The predicted molar refractivity (Wildman–Crippen MR) is 66.7 cm³/mol. The molecule has 0 radical (unpaired) electrons. The van der Waals surface area contributed by atoms with E-state index in [4.69, 9.17) is 15.2 Å². The van der Waals surface area contributed by atoms with Gasteiger partial charge in [-0.2, -0.15) is 0 Å². The van der Waals surface area contributed by atoms with E-state index in [0.717, 1.165) is 5.56 Å². The van der Waals surface area contributed by atoms with E-state index in [1.807, 2.05) is 13.0 Å². The normalized spacial score (nSPS) is 12.2. The van der Waals surface area contributed by atoms with Gasteiger partial charge in [-0.3, -0.25) is 0 Å². The second-order valence-corrected chi connectivity index (χ2v) is 3.70. The second kappa shape index (κ2) is 6.32. The van der Waals surface area contributed by atoms with Crippen molar-refractivity contribution in [1.29, 1.82) is 0 Å².